The van der Waals surface area contributed by atoms with Crippen LogP contribution in [-0.4, -0.2) is 48.7 Å². The van der Waals surface area contributed by atoms with Gasteiger partial charge in [-0.3, -0.25) is 0 Å². The number of hydrogen-bond acceptors (Lipinski definition) is 8. The van der Waals surface area contributed by atoms with Crippen LogP contribution in [0, 0.1) is 51.6 Å². The molecule has 4 aliphatic carbocycles. The quantitative estimate of drug-likeness (QED) is 0.317. The molecule has 0 spiro atoms. The fourth-order valence-corrected chi connectivity index (χ4v) is 9.94. The lowest BCUT2D eigenvalue weighted by Crippen LogP contribution is -2.64. The van der Waals surface area contributed by atoms with Gasteiger partial charge in [-0.1, -0.05) is 19.4 Å². The van der Waals surface area contributed by atoms with Gasteiger partial charge < -0.3 is 24.5 Å². The molecule has 240 valence electrons. The number of benzene rings is 1. The molecule has 0 radical (unpaired) electrons. The van der Waals surface area contributed by atoms with Gasteiger partial charge in [0.2, 0.25) is 11.4 Å². The first-order valence-corrected chi connectivity index (χ1v) is 15.7. The summed E-state index contributed by atoms with van der Waals surface area (Å²) in [4.78, 5) is 26.5. The average molecular weight is 630 g/mol. The van der Waals surface area contributed by atoms with E-state index in [9.17, 15) is 34.6 Å². The summed E-state index contributed by atoms with van der Waals surface area (Å²) in [6.45, 7) is 3.54. The summed E-state index contributed by atoms with van der Waals surface area (Å²) in [6, 6.07) is 9.60. The maximum atomic E-state index is 14.1. The highest BCUT2D eigenvalue weighted by molar-refractivity contribution is 5.91. The highest BCUT2D eigenvalue weighted by Crippen LogP contribution is 2.70. The Hall–Kier alpha value is -4.27. The van der Waals surface area contributed by atoms with Gasteiger partial charge in [0, 0.05) is 23.3 Å². The van der Waals surface area contributed by atoms with Crippen LogP contribution in [0.4, 0.5) is 4.39 Å². The molecular weight excluding hydrogens is 593 g/mol. The minimum absolute atomic E-state index is 0.0820. The van der Waals surface area contributed by atoms with Gasteiger partial charge in [-0.05, 0) is 97.2 Å². The summed E-state index contributed by atoms with van der Waals surface area (Å²) in [7, 11) is 0. The van der Waals surface area contributed by atoms with Gasteiger partial charge in [-0.25, -0.2) is 18.7 Å². The molecule has 3 fully saturated rings. The van der Waals surface area contributed by atoms with Crippen molar-refractivity contribution in [1.82, 2.24) is 9.78 Å². The van der Waals surface area contributed by atoms with E-state index in [1.54, 1.807) is 29.9 Å². The number of nitriles is 1. The van der Waals surface area contributed by atoms with Crippen molar-refractivity contribution in [3.63, 3.8) is 0 Å². The van der Waals surface area contributed by atoms with E-state index in [1.165, 1.54) is 24.5 Å². The molecule has 1 aromatic carbocycles. The molecule has 0 amide bonds. The fourth-order valence-electron chi connectivity index (χ4n) is 9.94. The van der Waals surface area contributed by atoms with E-state index in [1.807, 2.05) is 0 Å². The van der Waals surface area contributed by atoms with E-state index in [0.29, 0.717) is 31.4 Å². The smallest absolute Gasteiger partial charge is 0.375 e. The number of halogens is 1. The molecule has 4 aliphatic rings. The number of hydrogen-bond donors (Lipinski definition) is 3. The maximum absolute atomic E-state index is 14.1. The summed E-state index contributed by atoms with van der Waals surface area (Å²) in [5.41, 5.74) is 0.218. The number of nitrogens with zero attached hydrogens (tertiary/aromatic N) is 3. The van der Waals surface area contributed by atoms with Crippen LogP contribution in [0.2, 0.25) is 0 Å². The second-order valence-electron chi connectivity index (χ2n) is 13.9. The Labute approximate surface area is 265 Å². The number of fused-ring (bicyclic) bond motifs is 6. The summed E-state index contributed by atoms with van der Waals surface area (Å²) in [6.07, 6.45) is 6.68. The van der Waals surface area contributed by atoms with Gasteiger partial charge in [0.25, 0.3) is 0 Å². The second-order valence-corrected chi connectivity index (χ2v) is 13.9. The van der Waals surface area contributed by atoms with Crippen molar-refractivity contribution in [2.24, 2.45) is 34.5 Å². The van der Waals surface area contributed by atoms with E-state index in [0.717, 1.165) is 16.8 Å². The van der Waals surface area contributed by atoms with E-state index in [-0.39, 0.29) is 41.9 Å². The van der Waals surface area contributed by atoms with Crippen LogP contribution in [0.1, 0.15) is 73.3 Å². The van der Waals surface area contributed by atoms with Gasteiger partial charge in [-0.15, -0.1) is 0 Å². The van der Waals surface area contributed by atoms with E-state index in [2.05, 4.69) is 24.2 Å². The standard InChI is InChI=1S/C35H36FN3O7/c1-33-15-20-17-38-39(23-6-8-26(36)19(12-23)18-40)27(20)14-21(33)5-7-24-25-13-22(9-10-37)35(32(43)44,34(25,2)16-28(41)30(24)33)46-31(42)29-4-3-11-45-29/h3-4,6,8,11-12,14,17,22,24-25,28,30,40-41H,5,7,9,13,15-16,18H2,1-2H3,(H,43,44)/t22?,24-,25-,28-,30+,33-,34-,35-/m0/s1. The van der Waals surface area contributed by atoms with Gasteiger partial charge in [0.1, 0.15) is 5.82 Å². The molecule has 3 saturated carbocycles. The molecule has 3 N–H and O–H groups in total. The minimum atomic E-state index is -2.02. The third-order valence-corrected chi connectivity index (χ3v) is 11.9. The number of carbonyl (C=O) groups excluding carboxylic acids is 1. The Morgan fingerprint density at radius 1 is 1.28 bits per heavy atom. The van der Waals surface area contributed by atoms with E-state index in [4.69, 9.17) is 9.15 Å². The number of aromatic nitrogens is 2. The maximum Gasteiger partial charge on any atom is 0.375 e. The van der Waals surface area contributed by atoms with Gasteiger partial charge >= 0.3 is 11.9 Å². The van der Waals surface area contributed by atoms with Crippen LogP contribution in [0.3, 0.4) is 0 Å². The number of carboxylic acid groups (broad SMARTS) is 1. The largest absolute Gasteiger partial charge is 0.478 e. The molecule has 3 aromatic rings. The topological polar surface area (TPSA) is 159 Å². The molecule has 0 aliphatic heterocycles. The summed E-state index contributed by atoms with van der Waals surface area (Å²) >= 11 is 0. The van der Waals surface area contributed by atoms with Crippen LogP contribution in [0.25, 0.3) is 11.8 Å². The Kier molecular flexibility index (Phi) is 7.03. The predicted octanol–water partition coefficient (Wildman–Crippen LogP) is 5.07. The second kappa shape index (κ2) is 10.6. The molecule has 46 heavy (non-hydrogen) atoms. The minimum Gasteiger partial charge on any atom is -0.478 e. The number of aliphatic carboxylic acids is 1. The van der Waals surface area contributed by atoms with Crippen molar-refractivity contribution in [1.29, 1.82) is 5.26 Å². The summed E-state index contributed by atoms with van der Waals surface area (Å²) < 4.78 is 27.1. The van der Waals surface area contributed by atoms with Gasteiger partial charge in [0.15, 0.2) is 0 Å². The fraction of sp³-hybridized carbons (Fsp3) is 0.486. The van der Waals surface area contributed by atoms with Gasteiger partial charge in [0.05, 0.1) is 42.6 Å². The lowest BCUT2D eigenvalue weighted by Gasteiger charge is -2.60. The van der Waals surface area contributed by atoms with Crippen molar-refractivity contribution in [3.05, 3.63) is 76.8 Å². The molecule has 2 heterocycles. The third-order valence-electron chi connectivity index (χ3n) is 11.9. The Morgan fingerprint density at radius 3 is 2.78 bits per heavy atom. The van der Waals surface area contributed by atoms with Crippen molar-refractivity contribution >= 4 is 18.0 Å². The number of aliphatic hydroxyl groups excluding tert-OH is 2. The lowest BCUT2D eigenvalue weighted by molar-refractivity contribution is -0.200. The third kappa shape index (κ3) is 4.09. The van der Waals surface area contributed by atoms with Crippen LogP contribution in [-0.2, 0) is 22.6 Å². The van der Waals surface area contributed by atoms with Crippen LogP contribution in [0.15, 0.2) is 52.8 Å². The normalized spacial score (nSPS) is 34.3. The zero-order valence-electron chi connectivity index (χ0n) is 25.6. The summed E-state index contributed by atoms with van der Waals surface area (Å²) in [5, 5.41) is 46.9. The number of carboxylic acids is 1. The molecular formula is C35H36FN3O7. The van der Waals surface area contributed by atoms with Crippen molar-refractivity contribution in [2.45, 2.75) is 70.7 Å². The van der Waals surface area contributed by atoms with E-state index >= 15 is 0 Å². The van der Waals surface area contributed by atoms with E-state index < -0.39 is 52.8 Å². The number of ether oxygens (including phenoxy) is 1. The van der Waals surface area contributed by atoms with Crippen LogP contribution < -0.4 is 0 Å². The van der Waals surface area contributed by atoms with Crippen molar-refractivity contribution in [2.75, 3.05) is 0 Å². The number of rotatable bonds is 6. The molecule has 2 aromatic heterocycles. The Balaban J connectivity index is 1.26. The first-order chi connectivity index (χ1) is 22.0. The molecule has 1 unspecified atom stereocenters. The van der Waals surface area contributed by atoms with Gasteiger partial charge in [-0.2, -0.15) is 10.4 Å². The summed E-state index contributed by atoms with van der Waals surface area (Å²) in [5.74, 6) is -4.10. The van der Waals surface area contributed by atoms with Crippen molar-refractivity contribution in [3.8, 4) is 11.8 Å². The zero-order chi connectivity index (χ0) is 32.6. The molecule has 0 bridgehead atoms. The van der Waals surface area contributed by atoms with Crippen LogP contribution in [0.5, 0.6) is 0 Å². The number of furan rings is 1. The Bertz CT molecular complexity index is 1790. The molecule has 7 rings (SSSR count). The molecule has 0 saturated heterocycles. The first kappa shape index (κ1) is 30.4. The number of carbonyl (C=O) groups is 2. The van der Waals surface area contributed by atoms with Crippen molar-refractivity contribution < 1.29 is 38.5 Å². The first-order valence-electron chi connectivity index (χ1n) is 15.7. The molecule has 10 nitrogen and oxygen atoms in total. The number of aliphatic hydroxyl groups is 2. The Morgan fingerprint density at radius 2 is 2.09 bits per heavy atom. The average Bonchev–Trinajstić information content (AvgIpc) is 3.74. The van der Waals surface area contributed by atoms with Crippen LogP contribution >= 0.6 is 0 Å². The monoisotopic (exact) mass is 629 g/mol. The lowest BCUT2D eigenvalue weighted by atomic mass is 9.45. The highest BCUT2D eigenvalue weighted by atomic mass is 19.1. The zero-order valence-corrected chi connectivity index (χ0v) is 25.6. The number of allylic oxidation sites excluding steroid dienone is 1. The molecule has 8 atom stereocenters. The highest BCUT2D eigenvalue weighted by Gasteiger charge is 2.74. The number of esters is 1. The molecule has 11 heteroatoms. The SMILES string of the molecule is C[C@]12Cc3cnn(-c4ccc(F)c(CO)c4)c3C=C1CC[C@@H]1[C@@H]2[C@@H](O)C[C@@]2(C)[C@H]1CC(CC#N)[C@]2(OC(=O)c1ccco1)C(=O)O. The predicted molar refractivity (Wildman–Crippen MR) is 160 cm³/mol.